The van der Waals surface area contributed by atoms with E-state index in [0.717, 1.165) is 15.6 Å². The number of hydrogen-bond donors (Lipinski definition) is 1. The molecule has 4 rings (SSSR count). The zero-order valence-electron chi connectivity index (χ0n) is 18.6. The van der Waals surface area contributed by atoms with E-state index in [4.69, 9.17) is 0 Å². The SMILES string of the molecule is CC(C)(C)c1ccc(S(=O)(=O)N2CCCC2C(=O)Nc2nnc(-c3cccc(Br)c3)s2)cc1. The molecule has 1 fully saturated rings. The van der Waals surface area contributed by atoms with Crippen LogP contribution in [-0.2, 0) is 20.2 Å². The molecule has 10 heteroatoms. The van der Waals surface area contributed by atoms with Crippen LogP contribution < -0.4 is 5.32 Å². The van der Waals surface area contributed by atoms with E-state index in [0.29, 0.717) is 29.5 Å². The third kappa shape index (κ3) is 5.18. The molecule has 1 unspecified atom stereocenters. The van der Waals surface area contributed by atoms with Crippen molar-refractivity contribution in [2.24, 2.45) is 0 Å². The van der Waals surface area contributed by atoms with Crippen molar-refractivity contribution in [1.29, 1.82) is 0 Å². The largest absolute Gasteiger partial charge is 0.299 e. The number of nitrogens with zero attached hydrogens (tertiary/aromatic N) is 3. The molecule has 2 aromatic carbocycles. The molecular formula is C23H25BrN4O3S2. The third-order valence-electron chi connectivity index (χ3n) is 5.56. The lowest BCUT2D eigenvalue weighted by molar-refractivity contribution is -0.119. The quantitative estimate of drug-likeness (QED) is 0.481. The number of benzene rings is 2. The summed E-state index contributed by atoms with van der Waals surface area (Å²) in [4.78, 5) is 13.2. The number of anilines is 1. The summed E-state index contributed by atoms with van der Waals surface area (Å²) >= 11 is 4.68. The van der Waals surface area contributed by atoms with Crippen molar-refractivity contribution in [1.82, 2.24) is 14.5 Å². The fraction of sp³-hybridized carbons (Fsp3) is 0.348. The molecule has 1 aromatic heterocycles. The molecule has 1 saturated heterocycles. The van der Waals surface area contributed by atoms with Crippen LogP contribution in [0.25, 0.3) is 10.6 Å². The summed E-state index contributed by atoms with van der Waals surface area (Å²) in [6.45, 7) is 6.54. The number of carbonyl (C=O) groups excluding carboxylic acids is 1. The van der Waals surface area contributed by atoms with Crippen LogP contribution in [0.5, 0.6) is 0 Å². The van der Waals surface area contributed by atoms with Crippen LogP contribution in [0.15, 0.2) is 57.9 Å². The van der Waals surface area contributed by atoms with Crippen LogP contribution in [0, 0.1) is 0 Å². The van der Waals surface area contributed by atoms with Gasteiger partial charge in [-0.15, -0.1) is 10.2 Å². The number of nitrogens with one attached hydrogen (secondary N) is 1. The van der Waals surface area contributed by atoms with Crippen molar-refractivity contribution >= 4 is 48.3 Å². The first-order valence-electron chi connectivity index (χ1n) is 10.6. The van der Waals surface area contributed by atoms with E-state index >= 15 is 0 Å². The Morgan fingerprint density at radius 1 is 1.15 bits per heavy atom. The van der Waals surface area contributed by atoms with Crippen molar-refractivity contribution in [3.05, 3.63) is 58.6 Å². The van der Waals surface area contributed by atoms with Crippen molar-refractivity contribution in [2.45, 2.75) is 50.0 Å². The first-order valence-corrected chi connectivity index (χ1v) is 13.6. The van der Waals surface area contributed by atoms with Crippen LogP contribution in [0.2, 0.25) is 0 Å². The second kappa shape index (κ2) is 9.25. The first kappa shape index (κ1) is 24.0. The molecule has 0 radical (unpaired) electrons. The molecule has 174 valence electrons. The van der Waals surface area contributed by atoms with Crippen LogP contribution in [0.4, 0.5) is 5.13 Å². The molecule has 0 spiro atoms. The molecule has 1 N–H and O–H groups in total. The van der Waals surface area contributed by atoms with Crippen LogP contribution >= 0.6 is 27.3 Å². The molecule has 1 atom stereocenters. The van der Waals surface area contributed by atoms with Gasteiger partial charge in [-0.3, -0.25) is 10.1 Å². The predicted octanol–water partition coefficient (Wildman–Crippen LogP) is 5.06. The average molecular weight is 550 g/mol. The zero-order chi connectivity index (χ0) is 23.8. The van der Waals surface area contributed by atoms with Gasteiger partial charge in [0, 0.05) is 16.6 Å². The second-order valence-electron chi connectivity index (χ2n) is 8.96. The molecule has 2 heterocycles. The average Bonchev–Trinajstić information content (AvgIpc) is 3.43. The van der Waals surface area contributed by atoms with Gasteiger partial charge in [-0.25, -0.2) is 8.42 Å². The number of amides is 1. The Balaban J connectivity index is 1.50. The number of halogens is 1. The Bertz CT molecular complexity index is 1270. The van der Waals surface area contributed by atoms with Crippen molar-refractivity contribution in [3.63, 3.8) is 0 Å². The van der Waals surface area contributed by atoms with E-state index in [9.17, 15) is 13.2 Å². The van der Waals surface area contributed by atoms with E-state index in [2.05, 4.69) is 52.2 Å². The van der Waals surface area contributed by atoms with Gasteiger partial charge in [0.25, 0.3) is 0 Å². The lowest BCUT2D eigenvalue weighted by atomic mass is 9.87. The molecule has 1 amide bonds. The molecule has 0 saturated carbocycles. The highest BCUT2D eigenvalue weighted by Gasteiger charge is 2.39. The van der Waals surface area contributed by atoms with Gasteiger partial charge in [0.1, 0.15) is 11.0 Å². The zero-order valence-corrected chi connectivity index (χ0v) is 21.8. The van der Waals surface area contributed by atoms with Gasteiger partial charge in [0.05, 0.1) is 4.90 Å². The Hall–Kier alpha value is -2.14. The fourth-order valence-corrected chi connectivity index (χ4v) is 6.55. The minimum Gasteiger partial charge on any atom is -0.299 e. The molecule has 7 nitrogen and oxygen atoms in total. The monoisotopic (exact) mass is 548 g/mol. The summed E-state index contributed by atoms with van der Waals surface area (Å²) in [5.74, 6) is -0.390. The summed E-state index contributed by atoms with van der Waals surface area (Å²) in [5.41, 5.74) is 1.86. The summed E-state index contributed by atoms with van der Waals surface area (Å²) in [5, 5.41) is 12.0. The van der Waals surface area contributed by atoms with Gasteiger partial charge in [-0.05, 0) is 48.1 Å². The maximum atomic E-state index is 13.3. The summed E-state index contributed by atoms with van der Waals surface area (Å²) in [6, 6.07) is 13.8. The minimum absolute atomic E-state index is 0.0746. The van der Waals surface area contributed by atoms with E-state index in [-0.39, 0.29) is 16.2 Å². The Kier molecular flexibility index (Phi) is 6.73. The van der Waals surface area contributed by atoms with Crippen molar-refractivity contribution in [3.8, 4) is 10.6 Å². The number of aromatic nitrogens is 2. The molecule has 1 aliphatic heterocycles. The van der Waals surface area contributed by atoms with Crippen LogP contribution in [-0.4, -0.2) is 41.4 Å². The lowest BCUT2D eigenvalue weighted by Crippen LogP contribution is -2.43. The molecule has 0 bridgehead atoms. The molecule has 33 heavy (non-hydrogen) atoms. The van der Waals surface area contributed by atoms with E-state index in [1.54, 1.807) is 12.1 Å². The minimum atomic E-state index is -3.80. The third-order valence-corrected chi connectivity index (χ3v) is 8.86. The highest BCUT2D eigenvalue weighted by molar-refractivity contribution is 9.10. The first-order chi connectivity index (χ1) is 15.6. The normalized spacial score (nSPS) is 17.3. The Morgan fingerprint density at radius 2 is 1.88 bits per heavy atom. The summed E-state index contributed by atoms with van der Waals surface area (Å²) in [7, 11) is -3.80. The predicted molar refractivity (Wildman–Crippen MR) is 134 cm³/mol. The van der Waals surface area contributed by atoms with E-state index in [1.807, 2.05) is 36.4 Å². The van der Waals surface area contributed by atoms with Crippen LogP contribution in [0.3, 0.4) is 0 Å². The maximum absolute atomic E-state index is 13.3. The maximum Gasteiger partial charge on any atom is 0.244 e. The molecule has 3 aromatic rings. The van der Waals surface area contributed by atoms with Gasteiger partial charge in [0.15, 0.2) is 0 Å². The van der Waals surface area contributed by atoms with E-state index < -0.39 is 16.1 Å². The lowest BCUT2D eigenvalue weighted by Gasteiger charge is -2.24. The van der Waals surface area contributed by atoms with Gasteiger partial charge >= 0.3 is 0 Å². The van der Waals surface area contributed by atoms with Crippen molar-refractivity contribution in [2.75, 3.05) is 11.9 Å². The van der Waals surface area contributed by atoms with E-state index in [1.165, 1.54) is 15.6 Å². The number of carbonyl (C=O) groups is 1. The fourth-order valence-electron chi connectivity index (χ4n) is 3.75. The number of hydrogen-bond acceptors (Lipinski definition) is 6. The topological polar surface area (TPSA) is 92.3 Å². The van der Waals surface area contributed by atoms with Crippen molar-refractivity contribution < 1.29 is 13.2 Å². The molecule has 1 aliphatic rings. The standard InChI is InChI=1S/C23H25BrN4O3S2/c1-23(2,3)16-9-11-18(12-10-16)33(30,31)28-13-5-8-19(28)20(29)25-22-27-26-21(32-22)15-6-4-7-17(24)14-15/h4,6-7,9-12,14,19H,5,8,13H2,1-3H3,(H,25,27,29). The second-order valence-corrected chi connectivity index (χ2v) is 12.7. The number of sulfonamides is 1. The highest BCUT2D eigenvalue weighted by Crippen LogP contribution is 2.31. The van der Waals surface area contributed by atoms with Gasteiger partial charge in [0.2, 0.25) is 21.1 Å². The number of rotatable bonds is 5. The van der Waals surface area contributed by atoms with Crippen LogP contribution in [0.1, 0.15) is 39.2 Å². The van der Waals surface area contributed by atoms with Gasteiger partial charge in [-0.1, -0.05) is 72.3 Å². The summed E-state index contributed by atoms with van der Waals surface area (Å²) < 4.78 is 28.8. The Morgan fingerprint density at radius 3 is 2.55 bits per heavy atom. The molecule has 0 aliphatic carbocycles. The molecular weight excluding hydrogens is 524 g/mol. The highest BCUT2D eigenvalue weighted by atomic mass is 79.9. The smallest absolute Gasteiger partial charge is 0.244 e. The Labute approximate surface area is 206 Å². The van der Waals surface area contributed by atoms with Gasteiger partial charge < -0.3 is 0 Å². The van der Waals surface area contributed by atoms with Gasteiger partial charge in [-0.2, -0.15) is 4.31 Å². The summed E-state index contributed by atoms with van der Waals surface area (Å²) in [6.07, 6.45) is 1.08.